The molecule has 0 saturated carbocycles. The number of fused-ring (bicyclic) bond motifs is 1. The fourth-order valence-corrected chi connectivity index (χ4v) is 3.76. The van der Waals surface area contributed by atoms with Gasteiger partial charge in [-0.25, -0.2) is 18.3 Å². The van der Waals surface area contributed by atoms with Crippen molar-refractivity contribution < 1.29 is 13.6 Å². The molecule has 170 valence electrons. The Balaban J connectivity index is 1.43. The number of amides is 1. The van der Waals surface area contributed by atoms with E-state index in [-0.39, 0.29) is 16.9 Å². The molecule has 0 fully saturated rings. The number of hydrogen-bond acceptors (Lipinski definition) is 4. The van der Waals surface area contributed by atoms with Crippen molar-refractivity contribution in [1.82, 2.24) is 24.4 Å². The van der Waals surface area contributed by atoms with Gasteiger partial charge in [-0.1, -0.05) is 60.2 Å². The monoisotopic (exact) mass is 458 g/mol. The number of anilines is 1. The largest absolute Gasteiger partial charge is 0.305 e. The van der Waals surface area contributed by atoms with Crippen molar-refractivity contribution in [2.45, 2.75) is 19.9 Å². The molecule has 0 saturated heterocycles. The molecule has 0 spiro atoms. The highest BCUT2D eigenvalue weighted by Crippen LogP contribution is 2.27. The molecule has 0 aliphatic carbocycles. The zero-order valence-electron chi connectivity index (χ0n) is 18.2. The van der Waals surface area contributed by atoms with Gasteiger partial charge < -0.3 is 5.32 Å². The summed E-state index contributed by atoms with van der Waals surface area (Å²) >= 11 is 0. The summed E-state index contributed by atoms with van der Waals surface area (Å²) in [5.41, 5.74) is 3.01. The second kappa shape index (κ2) is 8.86. The van der Waals surface area contributed by atoms with Gasteiger partial charge in [0.05, 0.1) is 18.4 Å². The standard InChI is InChI=1S/C25H20F2N6O/c1-16-6-5-7-17(12-16)15-32-11-10-22(31-32)30-25(34)19-14-28-33-21(23(26)27)13-20(29-24(19)33)18-8-3-2-4-9-18/h2-14,23H,15H2,1H3,(H,30,31,34). The molecule has 1 amide bonds. The molecular formula is C25H20F2N6O. The number of benzene rings is 2. The number of carbonyl (C=O) groups excluding carboxylic acids is 1. The summed E-state index contributed by atoms with van der Waals surface area (Å²) in [5, 5.41) is 11.1. The Morgan fingerprint density at radius 2 is 1.88 bits per heavy atom. The van der Waals surface area contributed by atoms with Gasteiger partial charge in [0.2, 0.25) is 0 Å². The fourth-order valence-electron chi connectivity index (χ4n) is 3.76. The SMILES string of the molecule is Cc1cccc(Cn2ccc(NC(=O)c3cnn4c(C(F)F)cc(-c5ccccc5)nc34)n2)c1. The summed E-state index contributed by atoms with van der Waals surface area (Å²) in [4.78, 5) is 17.5. The lowest BCUT2D eigenvalue weighted by Crippen LogP contribution is -2.13. The van der Waals surface area contributed by atoms with Crippen LogP contribution < -0.4 is 5.32 Å². The van der Waals surface area contributed by atoms with Crippen molar-refractivity contribution in [2.24, 2.45) is 0 Å². The number of alkyl halides is 2. The van der Waals surface area contributed by atoms with Gasteiger partial charge in [-0.05, 0) is 18.6 Å². The molecule has 0 aliphatic heterocycles. The molecule has 3 heterocycles. The normalized spacial score (nSPS) is 11.3. The molecule has 2 aromatic carbocycles. The molecule has 0 atom stereocenters. The predicted octanol–water partition coefficient (Wildman–Crippen LogP) is 5.14. The van der Waals surface area contributed by atoms with Gasteiger partial charge in [0.1, 0.15) is 11.3 Å². The number of aryl methyl sites for hydroxylation is 1. The molecule has 5 rings (SSSR count). The maximum atomic E-state index is 13.8. The molecule has 0 aliphatic rings. The number of aromatic nitrogens is 5. The summed E-state index contributed by atoms with van der Waals surface area (Å²) in [6.07, 6.45) is 0.206. The summed E-state index contributed by atoms with van der Waals surface area (Å²) in [6, 6.07) is 20.0. The lowest BCUT2D eigenvalue weighted by atomic mass is 10.1. The van der Waals surface area contributed by atoms with E-state index in [1.54, 1.807) is 41.2 Å². The summed E-state index contributed by atoms with van der Waals surface area (Å²) in [6.45, 7) is 2.57. The highest BCUT2D eigenvalue weighted by molar-refractivity contribution is 6.07. The maximum Gasteiger partial charge on any atom is 0.280 e. The van der Waals surface area contributed by atoms with Crippen LogP contribution in [0.15, 0.2) is 79.1 Å². The lowest BCUT2D eigenvalue weighted by molar-refractivity contribution is 0.102. The first kappa shape index (κ1) is 21.4. The number of carbonyl (C=O) groups is 1. The minimum atomic E-state index is -2.79. The minimum Gasteiger partial charge on any atom is -0.305 e. The van der Waals surface area contributed by atoms with Gasteiger partial charge in [0, 0.05) is 17.8 Å². The van der Waals surface area contributed by atoms with Crippen LogP contribution in [0.2, 0.25) is 0 Å². The zero-order valence-corrected chi connectivity index (χ0v) is 18.2. The quantitative estimate of drug-likeness (QED) is 0.382. The van der Waals surface area contributed by atoms with Gasteiger partial charge >= 0.3 is 0 Å². The van der Waals surface area contributed by atoms with Crippen molar-refractivity contribution in [3.8, 4) is 11.3 Å². The molecule has 5 aromatic rings. The van der Waals surface area contributed by atoms with Crippen LogP contribution in [0, 0.1) is 6.92 Å². The molecule has 34 heavy (non-hydrogen) atoms. The van der Waals surface area contributed by atoms with E-state index in [2.05, 4.69) is 26.6 Å². The van der Waals surface area contributed by atoms with E-state index in [9.17, 15) is 13.6 Å². The smallest absolute Gasteiger partial charge is 0.280 e. The predicted molar refractivity (Wildman–Crippen MR) is 124 cm³/mol. The second-order valence-electron chi connectivity index (χ2n) is 7.87. The number of halogens is 2. The molecule has 0 unspecified atom stereocenters. The van der Waals surface area contributed by atoms with Crippen LogP contribution in [-0.4, -0.2) is 30.3 Å². The van der Waals surface area contributed by atoms with Crippen molar-refractivity contribution >= 4 is 17.4 Å². The van der Waals surface area contributed by atoms with Crippen molar-refractivity contribution in [3.63, 3.8) is 0 Å². The van der Waals surface area contributed by atoms with Crippen LogP contribution in [0.5, 0.6) is 0 Å². The van der Waals surface area contributed by atoms with Crippen LogP contribution in [0.3, 0.4) is 0 Å². The summed E-state index contributed by atoms with van der Waals surface area (Å²) in [7, 11) is 0. The third-order valence-electron chi connectivity index (χ3n) is 5.35. The third kappa shape index (κ3) is 4.27. The van der Waals surface area contributed by atoms with Crippen LogP contribution in [0.25, 0.3) is 16.9 Å². The molecule has 9 heteroatoms. The Morgan fingerprint density at radius 3 is 2.65 bits per heavy atom. The van der Waals surface area contributed by atoms with Crippen molar-refractivity contribution in [2.75, 3.05) is 5.32 Å². The topological polar surface area (TPSA) is 77.1 Å². The Bertz CT molecular complexity index is 1480. The fraction of sp³-hybridized carbons (Fsp3) is 0.120. The van der Waals surface area contributed by atoms with Gasteiger partial charge in [0.15, 0.2) is 11.5 Å². The maximum absolute atomic E-state index is 13.8. The number of nitrogens with zero attached hydrogens (tertiary/aromatic N) is 5. The first-order valence-electron chi connectivity index (χ1n) is 10.6. The van der Waals surface area contributed by atoms with E-state index < -0.39 is 12.3 Å². The van der Waals surface area contributed by atoms with E-state index >= 15 is 0 Å². The number of hydrogen-bond donors (Lipinski definition) is 1. The second-order valence-corrected chi connectivity index (χ2v) is 7.87. The van der Waals surface area contributed by atoms with Crippen LogP contribution >= 0.6 is 0 Å². The summed E-state index contributed by atoms with van der Waals surface area (Å²) in [5.74, 6) is -0.195. The van der Waals surface area contributed by atoms with E-state index in [1.807, 2.05) is 31.2 Å². The first-order chi connectivity index (χ1) is 16.5. The van der Waals surface area contributed by atoms with E-state index in [4.69, 9.17) is 0 Å². The molecule has 0 bridgehead atoms. The van der Waals surface area contributed by atoms with E-state index in [0.717, 1.165) is 15.6 Å². The highest BCUT2D eigenvalue weighted by Gasteiger charge is 2.22. The van der Waals surface area contributed by atoms with Gasteiger partial charge in [-0.3, -0.25) is 9.48 Å². The van der Waals surface area contributed by atoms with E-state index in [1.165, 1.54) is 12.3 Å². The molecule has 3 aromatic heterocycles. The van der Waals surface area contributed by atoms with Crippen LogP contribution in [-0.2, 0) is 6.54 Å². The molecule has 0 radical (unpaired) electrons. The Hall–Kier alpha value is -4.40. The van der Waals surface area contributed by atoms with Crippen molar-refractivity contribution in [3.05, 3.63) is 102 Å². The average molecular weight is 458 g/mol. The van der Waals surface area contributed by atoms with Crippen LogP contribution in [0.4, 0.5) is 14.6 Å². The average Bonchev–Trinajstić information content (AvgIpc) is 3.45. The minimum absolute atomic E-state index is 0.0494. The molecular weight excluding hydrogens is 438 g/mol. The lowest BCUT2D eigenvalue weighted by Gasteiger charge is -2.08. The number of nitrogens with one attached hydrogen (secondary N) is 1. The Morgan fingerprint density at radius 1 is 1.06 bits per heavy atom. The van der Waals surface area contributed by atoms with Crippen LogP contribution in [0.1, 0.15) is 33.6 Å². The van der Waals surface area contributed by atoms with E-state index in [0.29, 0.717) is 23.6 Å². The van der Waals surface area contributed by atoms with Gasteiger partial charge in [-0.2, -0.15) is 10.2 Å². The summed E-state index contributed by atoms with van der Waals surface area (Å²) < 4.78 is 30.2. The van der Waals surface area contributed by atoms with Gasteiger partial charge in [0.25, 0.3) is 12.3 Å². The number of rotatable bonds is 6. The highest BCUT2D eigenvalue weighted by atomic mass is 19.3. The Labute approximate surface area is 193 Å². The molecule has 7 nitrogen and oxygen atoms in total. The third-order valence-corrected chi connectivity index (χ3v) is 5.35. The Kier molecular flexibility index (Phi) is 5.59. The van der Waals surface area contributed by atoms with Crippen molar-refractivity contribution in [1.29, 1.82) is 0 Å². The molecule has 1 N–H and O–H groups in total. The zero-order chi connectivity index (χ0) is 23.7. The van der Waals surface area contributed by atoms with Gasteiger partial charge in [-0.15, -0.1) is 0 Å². The first-order valence-corrected chi connectivity index (χ1v) is 10.6.